The molecule has 2 aliphatic heterocycles. The topological polar surface area (TPSA) is 109 Å². The second kappa shape index (κ2) is 3.76. The maximum absolute atomic E-state index is 10.7. The summed E-state index contributed by atoms with van der Waals surface area (Å²) in [7, 11) is 0. The molecule has 2 aliphatic rings. The highest BCUT2D eigenvalue weighted by atomic mass is 16.6. The Morgan fingerprint density at radius 3 is 2.67 bits per heavy atom. The third-order valence-electron chi connectivity index (χ3n) is 4.37. The van der Waals surface area contributed by atoms with Crippen LogP contribution in [0.5, 0.6) is 11.8 Å². The molecule has 4 rings (SSSR count). The average Bonchev–Trinajstić information content (AvgIpc) is 3.11. The molecule has 108 valence electrons. The van der Waals surface area contributed by atoms with E-state index < -0.39 is 10.5 Å². The van der Waals surface area contributed by atoms with Crippen molar-refractivity contribution >= 4 is 5.69 Å². The van der Waals surface area contributed by atoms with Crippen molar-refractivity contribution in [1.29, 1.82) is 0 Å². The van der Waals surface area contributed by atoms with Gasteiger partial charge in [0.1, 0.15) is 5.60 Å². The van der Waals surface area contributed by atoms with Crippen molar-refractivity contribution in [3.8, 4) is 11.8 Å². The zero-order chi connectivity index (χ0) is 14.8. The molecule has 1 aromatic carbocycles. The van der Waals surface area contributed by atoms with Crippen LogP contribution in [0.15, 0.2) is 24.3 Å². The van der Waals surface area contributed by atoms with E-state index in [1.54, 1.807) is 12.1 Å². The number of nitro benzene ring substituents is 1. The normalized spacial score (nSPS) is 26.0. The number of aromatic nitrogens is 1. The third-order valence-corrected chi connectivity index (χ3v) is 4.37. The molecule has 1 aromatic heterocycles. The van der Waals surface area contributed by atoms with E-state index in [0.29, 0.717) is 17.5 Å². The zero-order valence-electron chi connectivity index (χ0n) is 10.9. The fourth-order valence-corrected chi connectivity index (χ4v) is 3.50. The van der Waals surface area contributed by atoms with E-state index >= 15 is 0 Å². The maximum atomic E-state index is 10.7. The van der Waals surface area contributed by atoms with Crippen LogP contribution in [0, 0.1) is 10.1 Å². The second-order valence-corrected chi connectivity index (χ2v) is 5.39. The number of H-pyrrole nitrogens is 1. The molecule has 7 nitrogen and oxygen atoms in total. The maximum Gasteiger partial charge on any atom is 0.269 e. The van der Waals surface area contributed by atoms with E-state index in [-0.39, 0.29) is 23.6 Å². The number of ether oxygens (including phenoxy) is 1. The summed E-state index contributed by atoms with van der Waals surface area (Å²) >= 11 is 0. The Balaban J connectivity index is 1.87. The minimum Gasteiger partial charge on any atom is -0.494 e. The molecule has 0 amide bonds. The van der Waals surface area contributed by atoms with Crippen LogP contribution < -0.4 is 0 Å². The van der Waals surface area contributed by atoms with Crippen LogP contribution in [0.3, 0.4) is 0 Å². The number of fused-ring (bicyclic) bond motifs is 5. The quantitative estimate of drug-likeness (QED) is 0.581. The monoisotopic (exact) mass is 288 g/mol. The number of hydrogen-bond donors (Lipinski definition) is 3. The van der Waals surface area contributed by atoms with Gasteiger partial charge in [-0.3, -0.25) is 15.1 Å². The van der Waals surface area contributed by atoms with Crippen molar-refractivity contribution in [3.05, 3.63) is 51.1 Å². The molecule has 0 radical (unpaired) electrons. The number of aromatic hydroxyl groups is 2. The van der Waals surface area contributed by atoms with Crippen LogP contribution in [-0.2, 0) is 10.3 Å². The molecular formula is C14H12N2O5. The number of non-ortho nitro benzene ring substituents is 1. The van der Waals surface area contributed by atoms with Crippen LogP contribution in [0.4, 0.5) is 5.69 Å². The number of nitro groups is 1. The van der Waals surface area contributed by atoms with Gasteiger partial charge in [0.15, 0.2) is 11.8 Å². The molecule has 0 aliphatic carbocycles. The lowest BCUT2D eigenvalue weighted by atomic mass is 9.79. The van der Waals surface area contributed by atoms with Gasteiger partial charge in [-0.1, -0.05) is 0 Å². The van der Waals surface area contributed by atoms with Gasteiger partial charge in [0, 0.05) is 12.1 Å². The van der Waals surface area contributed by atoms with Crippen LogP contribution in [0.2, 0.25) is 0 Å². The van der Waals surface area contributed by atoms with Gasteiger partial charge < -0.3 is 14.9 Å². The van der Waals surface area contributed by atoms with E-state index in [1.807, 2.05) is 0 Å². The Morgan fingerprint density at radius 1 is 1.29 bits per heavy atom. The Labute approximate surface area is 119 Å². The standard InChI is InChI=1S/C14H12N2O5/c17-12-10-9-5-6-14(21-9,11(10)13(18)15-12)7-1-3-8(4-2-7)16(19)20/h1-4,9,15,17-18H,5-6H2. The molecular weight excluding hydrogens is 276 g/mol. The first-order chi connectivity index (χ1) is 10.0. The average molecular weight is 288 g/mol. The van der Waals surface area contributed by atoms with E-state index in [2.05, 4.69) is 4.98 Å². The first-order valence-corrected chi connectivity index (χ1v) is 6.60. The number of aromatic amines is 1. The summed E-state index contributed by atoms with van der Waals surface area (Å²) in [5, 5.41) is 30.7. The number of nitrogens with zero attached hydrogens (tertiary/aromatic N) is 1. The molecule has 2 bridgehead atoms. The Bertz CT molecular complexity index is 751. The number of benzene rings is 1. The van der Waals surface area contributed by atoms with Crippen molar-refractivity contribution in [2.75, 3.05) is 0 Å². The van der Waals surface area contributed by atoms with Crippen molar-refractivity contribution in [2.45, 2.75) is 24.5 Å². The van der Waals surface area contributed by atoms with E-state index in [1.165, 1.54) is 12.1 Å². The molecule has 21 heavy (non-hydrogen) atoms. The van der Waals surface area contributed by atoms with Gasteiger partial charge in [-0.25, -0.2) is 0 Å². The molecule has 2 aromatic rings. The highest BCUT2D eigenvalue weighted by molar-refractivity contribution is 5.58. The molecule has 3 heterocycles. The Morgan fingerprint density at radius 2 is 2.00 bits per heavy atom. The summed E-state index contributed by atoms with van der Waals surface area (Å²) < 4.78 is 6.01. The lowest BCUT2D eigenvalue weighted by molar-refractivity contribution is -0.384. The fourth-order valence-electron chi connectivity index (χ4n) is 3.50. The number of nitrogens with one attached hydrogen (secondary N) is 1. The first kappa shape index (κ1) is 12.2. The molecule has 1 saturated heterocycles. The predicted octanol–water partition coefficient (Wildman–Crippen LogP) is 2.44. The van der Waals surface area contributed by atoms with Crippen molar-refractivity contribution < 1.29 is 19.9 Å². The molecule has 0 saturated carbocycles. The second-order valence-electron chi connectivity index (χ2n) is 5.39. The highest BCUT2D eigenvalue weighted by Gasteiger charge is 2.55. The Kier molecular flexibility index (Phi) is 2.19. The minimum atomic E-state index is -0.837. The highest BCUT2D eigenvalue weighted by Crippen LogP contribution is 2.62. The van der Waals surface area contributed by atoms with Crippen LogP contribution >= 0.6 is 0 Å². The molecule has 0 spiro atoms. The summed E-state index contributed by atoms with van der Waals surface area (Å²) in [4.78, 5) is 12.8. The summed E-state index contributed by atoms with van der Waals surface area (Å²) in [6.07, 6.45) is 1.13. The zero-order valence-corrected chi connectivity index (χ0v) is 10.9. The van der Waals surface area contributed by atoms with Crippen LogP contribution in [0.1, 0.15) is 35.6 Å². The Hall–Kier alpha value is -2.54. The predicted molar refractivity (Wildman–Crippen MR) is 71.1 cm³/mol. The molecule has 1 fully saturated rings. The fraction of sp³-hybridized carbons (Fsp3) is 0.286. The van der Waals surface area contributed by atoms with E-state index in [4.69, 9.17) is 4.74 Å². The number of hydrogen-bond acceptors (Lipinski definition) is 5. The molecule has 7 heteroatoms. The van der Waals surface area contributed by atoms with Gasteiger partial charge in [-0.2, -0.15) is 0 Å². The largest absolute Gasteiger partial charge is 0.494 e. The van der Waals surface area contributed by atoms with Gasteiger partial charge in [-0.05, 0) is 30.5 Å². The van der Waals surface area contributed by atoms with E-state index in [0.717, 1.165) is 12.0 Å². The lowest BCUT2D eigenvalue weighted by Gasteiger charge is -2.26. The first-order valence-electron chi connectivity index (χ1n) is 6.60. The van der Waals surface area contributed by atoms with Crippen molar-refractivity contribution in [3.63, 3.8) is 0 Å². The van der Waals surface area contributed by atoms with Gasteiger partial charge in [0.05, 0.1) is 22.2 Å². The lowest BCUT2D eigenvalue weighted by Crippen LogP contribution is -2.23. The smallest absolute Gasteiger partial charge is 0.269 e. The van der Waals surface area contributed by atoms with Gasteiger partial charge in [-0.15, -0.1) is 0 Å². The summed E-state index contributed by atoms with van der Waals surface area (Å²) in [5.74, 6) is -0.181. The molecule has 3 N–H and O–H groups in total. The van der Waals surface area contributed by atoms with Crippen molar-refractivity contribution in [2.24, 2.45) is 0 Å². The summed E-state index contributed by atoms with van der Waals surface area (Å²) in [6, 6.07) is 6.11. The minimum absolute atomic E-state index is 0.00375. The van der Waals surface area contributed by atoms with E-state index in [9.17, 15) is 20.3 Å². The SMILES string of the molecule is O=[N+]([O-])c1ccc(C23CCC(O2)c2c(O)[nH]c(O)c23)cc1. The summed E-state index contributed by atoms with van der Waals surface area (Å²) in [6.45, 7) is 0. The molecule has 2 unspecified atom stereocenters. The van der Waals surface area contributed by atoms with Crippen LogP contribution in [0.25, 0.3) is 0 Å². The van der Waals surface area contributed by atoms with Gasteiger partial charge in [0.25, 0.3) is 5.69 Å². The van der Waals surface area contributed by atoms with Crippen LogP contribution in [-0.4, -0.2) is 20.1 Å². The van der Waals surface area contributed by atoms with Crippen molar-refractivity contribution in [1.82, 2.24) is 4.98 Å². The number of rotatable bonds is 2. The van der Waals surface area contributed by atoms with Gasteiger partial charge >= 0.3 is 0 Å². The summed E-state index contributed by atoms with van der Waals surface area (Å²) in [5.41, 5.74) is 1.05. The third kappa shape index (κ3) is 1.41. The molecule has 2 atom stereocenters. The van der Waals surface area contributed by atoms with Gasteiger partial charge in [0.2, 0.25) is 0 Å².